The highest BCUT2D eigenvalue weighted by Gasteiger charge is 2.24. The molecule has 7 heteroatoms. The molecule has 154 valence electrons. The topological polar surface area (TPSA) is 42.9 Å². The summed E-state index contributed by atoms with van der Waals surface area (Å²) in [6.45, 7) is 9.69. The molecule has 1 amide bonds. The van der Waals surface area contributed by atoms with Gasteiger partial charge >= 0.3 is 0 Å². The van der Waals surface area contributed by atoms with Crippen LogP contribution < -0.4 is 9.80 Å². The third-order valence-corrected chi connectivity index (χ3v) is 5.90. The van der Waals surface area contributed by atoms with Crippen molar-refractivity contribution in [2.24, 2.45) is 0 Å². The van der Waals surface area contributed by atoms with Gasteiger partial charge in [0.15, 0.2) is 0 Å². The lowest BCUT2D eigenvalue weighted by atomic mass is 10.2. The zero-order valence-corrected chi connectivity index (χ0v) is 16.9. The highest BCUT2D eigenvalue weighted by molar-refractivity contribution is 5.94. The molecule has 0 radical (unpaired) electrons. The number of carbonyl (C=O) groups excluding carboxylic acids is 1. The third-order valence-electron chi connectivity index (χ3n) is 5.90. The lowest BCUT2D eigenvalue weighted by molar-refractivity contribution is 0.0746. The summed E-state index contributed by atoms with van der Waals surface area (Å²) in [6, 6.07) is 10.6. The van der Waals surface area contributed by atoms with Crippen LogP contribution in [0.4, 0.5) is 15.9 Å². The van der Waals surface area contributed by atoms with E-state index in [1.807, 2.05) is 28.0 Å². The van der Waals surface area contributed by atoms with Gasteiger partial charge in [-0.05, 0) is 30.8 Å². The van der Waals surface area contributed by atoms with Crippen molar-refractivity contribution in [3.8, 4) is 0 Å². The van der Waals surface area contributed by atoms with E-state index >= 15 is 0 Å². The van der Waals surface area contributed by atoms with Crippen LogP contribution in [0.25, 0.3) is 0 Å². The van der Waals surface area contributed by atoms with Crippen LogP contribution in [0.5, 0.6) is 0 Å². The molecule has 1 aromatic carbocycles. The predicted octanol–water partition coefficient (Wildman–Crippen LogP) is 2.33. The molecule has 2 aliphatic heterocycles. The number of para-hydroxylation sites is 1. The molecule has 2 fully saturated rings. The predicted molar refractivity (Wildman–Crippen MR) is 113 cm³/mol. The molecule has 2 aliphatic rings. The summed E-state index contributed by atoms with van der Waals surface area (Å²) in [5, 5.41) is 0. The molecule has 0 bridgehead atoms. The van der Waals surface area contributed by atoms with Gasteiger partial charge in [-0.25, -0.2) is 9.37 Å². The van der Waals surface area contributed by atoms with E-state index in [4.69, 9.17) is 0 Å². The molecule has 0 atom stereocenters. The molecule has 2 saturated heterocycles. The number of aromatic nitrogens is 1. The van der Waals surface area contributed by atoms with Gasteiger partial charge in [0.25, 0.3) is 5.91 Å². The minimum Gasteiger partial charge on any atom is -0.366 e. The number of pyridine rings is 1. The summed E-state index contributed by atoms with van der Waals surface area (Å²) in [4.78, 5) is 25.9. The molecule has 29 heavy (non-hydrogen) atoms. The Morgan fingerprint density at radius 2 is 1.62 bits per heavy atom. The van der Waals surface area contributed by atoms with Crippen molar-refractivity contribution >= 4 is 17.4 Å². The molecule has 1 aromatic heterocycles. The van der Waals surface area contributed by atoms with Crippen LogP contribution >= 0.6 is 0 Å². The van der Waals surface area contributed by atoms with E-state index in [9.17, 15) is 9.18 Å². The first-order valence-electron chi connectivity index (χ1n) is 10.4. The molecule has 0 saturated carbocycles. The molecule has 4 rings (SSSR count). The molecular formula is C22H28FN5O. The fourth-order valence-electron chi connectivity index (χ4n) is 4.03. The Bertz CT molecular complexity index is 827. The normalized spacial score (nSPS) is 18.2. The third kappa shape index (κ3) is 4.34. The number of carbonyl (C=O) groups is 1. The molecule has 0 unspecified atom stereocenters. The number of anilines is 2. The van der Waals surface area contributed by atoms with Gasteiger partial charge in [-0.1, -0.05) is 19.1 Å². The largest absolute Gasteiger partial charge is 0.366 e. The number of hydrogen-bond acceptors (Lipinski definition) is 5. The van der Waals surface area contributed by atoms with Gasteiger partial charge < -0.3 is 19.6 Å². The second-order valence-corrected chi connectivity index (χ2v) is 7.56. The van der Waals surface area contributed by atoms with Crippen molar-refractivity contribution < 1.29 is 9.18 Å². The standard InChI is InChI=1S/C22H28FN5O/c1-2-25-9-11-27(12-10-25)21-8-7-18(17-24-21)22(29)28-15-13-26(14-16-28)20-6-4-3-5-19(20)23/h3-8,17H,2,9-16H2,1H3. The lowest BCUT2D eigenvalue weighted by Crippen LogP contribution is -2.49. The maximum absolute atomic E-state index is 14.0. The average Bonchev–Trinajstić information content (AvgIpc) is 2.79. The van der Waals surface area contributed by atoms with E-state index in [2.05, 4.69) is 21.7 Å². The van der Waals surface area contributed by atoms with E-state index in [0.29, 0.717) is 37.4 Å². The summed E-state index contributed by atoms with van der Waals surface area (Å²) in [6.07, 6.45) is 1.69. The number of benzene rings is 1. The molecule has 2 aromatic rings. The number of hydrogen-bond donors (Lipinski definition) is 0. The zero-order valence-electron chi connectivity index (χ0n) is 16.9. The van der Waals surface area contributed by atoms with E-state index in [-0.39, 0.29) is 11.7 Å². The number of nitrogens with zero attached hydrogens (tertiary/aromatic N) is 5. The summed E-state index contributed by atoms with van der Waals surface area (Å²) < 4.78 is 14.0. The first-order chi connectivity index (χ1) is 14.2. The van der Waals surface area contributed by atoms with Crippen molar-refractivity contribution in [3.05, 3.63) is 54.0 Å². The highest BCUT2D eigenvalue weighted by atomic mass is 19.1. The monoisotopic (exact) mass is 397 g/mol. The summed E-state index contributed by atoms with van der Waals surface area (Å²) in [5.74, 6) is 0.710. The molecule has 3 heterocycles. The average molecular weight is 397 g/mol. The highest BCUT2D eigenvalue weighted by Crippen LogP contribution is 2.21. The number of rotatable bonds is 4. The van der Waals surface area contributed by atoms with Crippen molar-refractivity contribution in [1.82, 2.24) is 14.8 Å². The SMILES string of the molecule is CCN1CCN(c2ccc(C(=O)N3CCN(c4ccccc4F)CC3)cn2)CC1. The summed E-state index contributed by atoms with van der Waals surface area (Å²) >= 11 is 0. The van der Waals surface area contributed by atoms with Crippen LogP contribution in [0.3, 0.4) is 0 Å². The minimum absolute atomic E-state index is 0.00645. The second-order valence-electron chi connectivity index (χ2n) is 7.56. The fraction of sp³-hybridized carbons (Fsp3) is 0.455. The quantitative estimate of drug-likeness (QED) is 0.792. The van der Waals surface area contributed by atoms with Crippen molar-refractivity contribution in [1.29, 1.82) is 0 Å². The molecule has 6 nitrogen and oxygen atoms in total. The first kappa shape index (κ1) is 19.6. The van der Waals surface area contributed by atoms with Gasteiger partial charge in [0, 0.05) is 58.6 Å². The maximum Gasteiger partial charge on any atom is 0.255 e. The van der Waals surface area contributed by atoms with Gasteiger partial charge in [-0.3, -0.25) is 4.79 Å². The number of piperazine rings is 2. The lowest BCUT2D eigenvalue weighted by Gasteiger charge is -2.36. The van der Waals surface area contributed by atoms with E-state index in [0.717, 1.165) is 38.5 Å². The summed E-state index contributed by atoms with van der Waals surface area (Å²) in [5.41, 5.74) is 1.22. The Labute approximate surface area is 171 Å². The molecule has 0 N–H and O–H groups in total. The van der Waals surface area contributed by atoms with Gasteiger partial charge in [-0.2, -0.15) is 0 Å². The molecular weight excluding hydrogens is 369 g/mol. The Kier molecular flexibility index (Phi) is 5.94. The fourth-order valence-corrected chi connectivity index (χ4v) is 4.03. The van der Waals surface area contributed by atoms with E-state index in [1.165, 1.54) is 6.07 Å². The van der Waals surface area contributed by atoms with Crippen LogP contribution in [-0.4, -0.2) is 79.6 Å². The number of amides is 1. The van der Waals surface area contributed by atoms with Gasteiger partial charge in [0.1, 0.15) is 11.6 Å². The van der Waals surface area contributed by atoms with E-state index < -0.39 is 0 Å². The number of likely N-dealkylation sites (N-methyl/N-ethyl adjacent to an activating group) is 1. The maximum atomic E-state index is 14.0. The van der Waals surface area contributed by atoms with Crippen molar-refractivity contribution in [3.63, 3.8) is 0 Å². The van der Waals surface area contributed by atoms with Crippen LogP contribution in [0.15, 0.2) is 42.6 Å². The zero-order chi connectivity index (χ0) is 20.2. The van der Waals surface area contributed by atoms with Gasteiger partial charge in [0.05, 0.1) is 11.3 Å². The smallest absolute Gasteiger partial charge is 0.255 e. The molecule has 0 aliphatic carbocycles. The van der Waals surface area contributed by atoms with Crippen LogP contribution in [0.1, 0.15) is 17.3 Å². The van der Waals surface area contributed by atoms with Crippen LogP contribution in [0.2, 0.25) is 0 Å². The Morgan fingerprint density at radius 1 is 0.931 bits per heavy atom. The molecule has 0 spiro atoms. The summed E-state index contributed by atoms with van der Waals surface area (Å²) in [7, 11) is 0. The van der Waals surface area contributed by atoms with Crippen LogP contribution in [0, 0.1) is 5.82 Å². The Hall–Kier alpha value is -2.67. The second kappa shape index (κ2) is 8.78. The van der Waals surface area contributed by atoms with Crippen molar-refractivity contribution in [2.45, 2.75) is 6.92 Å². The van der Waals surface area contributed by atoms with E-state index in [1.54, 1.807) is 18.3 Å². The van der Waals surface area contributed by atoms with Gasteiger partial charge in [0.2, 0.25) is 0 Å². The Morgan fingerprint density at radius 3 is 2.24 bits per heavy atom. The number of halogens is 1. The minimum atomic E-state index is -0.216. The van der Waals surface area contributed by atoms with Gasteiger partial charge in [-0.15, -0.1) is 0 Å². The Balaban J connectivity index is 1.34. The van der Waals surface area contributed by atoms with Crippen LogP contribution in [-0.2, 0) is 0 Å². The van der Waals surface area contributed by atoms with Crippen molar-refractivity contribution in [2.75, 3.05) is 68.7 Å². The first-order valence-corrected chi connectivity index (χ1v) is 10.4.